The molecule has 0 atom stereocenters. The Kier molecular flexibility index (Phi) is 6.11. The second-order valence-corrected chi connectivity index (χ2v) is 8.74. The summed E-state index contributed by atoms with van der Waals surface area (Å²) in [4.78, 5) is 36.4. The highest BCUT2D eigenvalue weighted by atomic mass is 16.5. The average Bonchev–Trinajstić information content (AvgIpc) is 3.40. The van der Waals surface area contributed by atoms with Gasteiger partial charge >= 0.3 is 0 Å². The molecule has 0 spiro atoms. The second-order valence-electron chi connectivity index (χ2n) is 8.74. The number of rotatable bonds is 7. The smallest absolute Gasteiger partial charge is 0.277 e. The van der Waals surface area contributed by atoms with Crippen LogP contribution in [0.2, 0.25) is 0 Å². The van der Waals surface area contributed by atoms with Crippen molar-refractivity contribution >= 4 is 28.3 Å². The van der Waals surface area contributed by atoms with Crippen molar-refractivity contribution < 1.29 is 14.3 Å². The maximum Gasteiger partial charge on any atom is 0.277 e. The fourth-order valence-electron chi connectivity index (χ4n) is 4.94. The molecule has 3 heterocycles. The van der Waals surface area contributed by atoms with Gasteiger partial charge in [-0.25, -0.2) is 0 Å². The van der Waals surface area contributed by atoms with Crippen LogP contribution in [0.5, 0.6) is 5.75 Å². The minimum absolute atomic E-state index is 0.194. The summed E-state index contributed by atoms with van der Waals surface area (Å²) in [6.45, 7) is 6.71. The summed E-state index contributed by atoms with van der Waals surface area (Å²) in [5, 5.41) is 1.13. The molecule has 2 aromatic carbocycles. The van der Waals surface area contributed by atoms with Crippen molar-refractivity contribution in [3.63, 3.8) is 0 Å². The molecule has 0 aliphatic carbocycles. The Morgan fingerprint density at radius 3 is 2.38 bits per heavy atom. The van der Waals surface area contributed by atoms with Crippen LogP contribution in [0, 0.1) is 0 Å². The molecular formula is C27H30N4O3. The van der Waals surface area contributed by atoms with Gasteiger partial charge in [0.25, 0.3) is 11.8 Å². The quantitative estimate of drug-likeness (QED) is 0.551. The third-order valence-electron chi connectivity index (χ3n) is 6.94. The van der Waals surface area contributed by atoms with E-state index in [0.29, 0.717) is 24.2 Å². The van der Waals surface area contributed by atoms with Gasteiger partial charge in [-0.3, -0.25) is 14.5 Å². The van der Waals surface area contributed by atoms with Gasteiger partial charge in [0.2, 0.25) is 0 Å². The summed E-state index contributed by atoms with van der Waals surface area (Å²) >= 11 is 0. The normalized spacial score (nSPS) is 17.4. The summed E-state index contributed by atoms with van der Waals surface area (Å²) in [6, 6.07) is 15.5. The molecule has 34 heavy (non-hydrogen) atoms. The maximum atomic E-state index is 13.7. The van der Waals surface area contributed by atoms with Crippen molar-refractivity contribution in [2.45, 2.75) is 13.3 Å². The van der Waals surface area contributed by atoms with Crippen LogP contribution in [-0.2, 0) is 16.0 Å². The van der Waals surface area contributed by atoms with Crippen molar-refractivity contribution in [2.75, 3.05) is 46.4 Å². The maximum absolute atomic E-state index is 13.7. The van der Waals surface area contributed by atoms with Crippen LogP contribution in [0.25, 0.3) is 16.5 Å². The van der Waals surface area contributed by atoms with Gasteiger partial charge in [0, 0.05) is 49.8 Å². The Hall–Kier alpha value is -3.58. The predicted octanol–water partition coefficient (Wildman–Crippen LogP) is 3.14. The van der Waals surface area contributed by atoms with Gasteiger partial charge in [-0.2, -0.15) is 0 Å². The standard InChI is InChI=1S/C27H30N4O3/c1-3-29-14-16-30(17-15-29)25-24(19-8-10-21(34-2)11-9-19)26(32)31(27(25)33)13-12-20-18-28-23-7-5-4-6-22(20)23/h4-11,18,28H,3,12-17H2,1-2H3. The Balaban J connectivity index is 1.44. The number of methoxy groups -OCH3 is 1. The number of carbonyl (C=O) groups excluding carboxylic acids is 2. The van der Waals surface area contributed by atoms with Crippen molar-refractivity contribution in [3.05, 3.63) is 71.6 Å². The van der Waals surface area contributed by atoms with Crippen LogP contribution >= 0.6 is 0 Å². The Labute approximate surface area is 199 Å². The molecule has 1 N–H and O–H groups in total. The summed E-state index contributed by atoms with van der Waals surface area (Å²) < 4.78 is 5.29. The van der Waals surface area contributed by atoms with Crippen LogP contribution in [0.1, 0.15) is 18.1 Å². The summed E-state index contributed by atoms with van der Waals surface area (Å²) in [5.74, 6) is 0.305. The molecule has 2 aliphatic heterocycles. The summed E-state index contributed by atoms with van der Waals surface area (Å²) in [5.41, 5.74) is 3.94. The van der Waals surface area contributed by atoms with Crippen LogP contribution in [0.15, 0.2) is 60.4 Å². The fourth-order valence-corrected chi connectivity index (χ4v) is 4.94. The van der Waals surface area contributed by atoms with E-state index in [2.05, 4.69) is 27.8 Å². The number of para-hydroxylation sites is 1. The third-order valence-corrected chi connectivity index (χ3v) is 6.94. The van der Waals surface area contributed by atoms with Crippen LogP contribution in [-0.4, -0.2) is 77.9 Å². The highest BCUT2D eigenvalue weighted by Gasteiger charge is 2.41. The van der Waals surface area contributed by atoms with Gasteiger partial charge in [0.05, 0.1) is 12.7 Å². The number of nitrogens with zero attached hydrogens (tertiary/aromatic N) is 3. The first-order valence-electron chi connectivity index (χ1n) is 11.9. The Bertz CT molecular complexity index is 1240. The number of benzene rings is 2. The molecule has 0 bridgehead atoms. The molecule has 0 radical (unpaired) electrons. The lowest BCUT2D eigenvalue weighted by atomic mass is 10.0. The van der Waals surface area contributed by atoms with E-state index in [4.69, 9.17) is 4.74 Å². The first-order chi connectivity index (χ1) is 16.6. The van der Waals surface area contributed by atoms with Gasteiger partial charge in [0.15, 0.2) is 0 Å². The predicted molar refractivity (Wildman–Crippen MR) is 132 cm³/mol. The molecular weight excluding hydrogens is 428 g/mol. The number of likely N-dealkylation sites (N-methyl/N-ethyl adjacent to an activating group) is 1. The van der Waals surface area contributed by atoms with E-state index < -0.39 is 0 Å². The van der Waals surface area contributed by atoms with E-state index in [9.17, 15) is 9.59 Å². The van der Waals surface area contributed by atoms with Gasteiger partial charge in [-0.1, -0.05) is 37.3 Å². The number of piperazine rings is 1. The molecule has 2 aliphatic rings. The molecule has 176 valence electrons. The molecule has 7 heteroatoms. The van der Waals surface area contributed by atoms with Gasteiger partial charge in [-0.05, 0) is 42.3 Å². The van der Waals surface area contributed by atoms with Crippen molar-refractivity contribution in [3.8, 4) is 5.75 Å². The monoisotopic (exact) mass is 458 g/mol. The van der Waals surface area contributed by atoms with Crippen LogP contribution in [0.4, 0.5) is 0 Å². The van der Waals surface area contributed by atoms with Gasteiger partial charge in [-0.15, -0.1) is 0 Å². The molecule has 1 saturated heterocycles. The minimum Gasteiger partial charge on any atom is -0.497 e. The number of carbonyl (C=O) groups is 2. The molecule has 1 fully saturated rings. The molecule has 5 rings (SSSR count). The lowest BCUT2D eigenvalue weighted by Crippen LogP contribution is -2.47. The average molecular weight is 459 g/mol. The molecule has 0 saturated carbocycles. The Morgan fingerprint density at radius 2 is 1.68 bits per heavy atom. The van der Waals surface area contributed by atoms with Gasteiger partial charge in [0.1, 0.15) is 11.4 Å². The molecule has 3 aromatic rings. The van der Waals surface area contributed by atoms with E-state index in [1.165, 1.54) is 4.90 Å². The third kappa shape index (κ3) is 3.96. The van der Waals surface area contributed by atoms with E-state index in [1.54, 1.807) is 7.11 Å². The highest BCUT2D eigenvalue weighted by molar-refractivity contribution is 6.35. The number of amides is 2. The van der Waals surface area contributed by atoms with Crippen LogP contribution < -0.4 is 4.74 Å². The zero-order valence-corrected chi connectivity index (χ0v) is 19.7. The van der Waals surface area contributed by atoms with Gasteiger partial charge < -0.3 is 19.5 Å². The number of ether oxygens (including phenoxy) is 1. The lowest BCUT2D eigenvalue weighted by molar-refractivity contribution is -0.137. The highest BCUT2D eigenvalue weighted by Crippen LogP contribution is 2.33. The SMILES string of the molecule is CCN1CCN(C2=C(c3ccc(OC)cc3)C(=O)N(CCc3c[nH]c4ccccc34)C2=O)CC1. The number of hydrogen-bond donors (Lipinski definition) is 1. The zero-order valence-electron chi connectivity index (χ0n) is 19.7. The summed E-state index contributed by atoms with van der Waals surface area (Å²) in [7, 11) is 1.61. The lowest BCUT2D eigenvalue weighted by Gasteiger charge is -2.36. The topological polar surface area (TPSA) is 68.9 Å². The molecule has 2 amide bonds. The number of imide groups is 1. The first-order valence-corrected chi connectivity index (χ1v) is 11.9. The van der Waals surface area contributed by atoms with Crippen molar-refractivity contribution in [1.82, 2.24) is 19.7 Å². The van der Waals surface area contributed by atoms with E-state index in [0.717, 1.165) is 60.5 Å². The number of H-pyrrole nitrogens is 1. The number of fused-ring (bicyclic) bond motifs is 1. The van der Waals surface area contributed by atoms with Crippen molar-refractivity contribution in [2.24, 2.45) is 0 Å². The first kappa shape index (κ1) is 22.2. The zero-order chi connectivity index (χ0) is 23.7. The fraction of sp³-hybridized carbons (Fsp3) is 0.333. The number of aromatic amines is 1. The largest absolute Gasteiger partial charge is 0.497 e. The number of nitrogens with one attached hydrogen (secondary N) is 1. The number of hydrogen-bond acceptors (Lipinski definition) is 5. The number of aromatic nitrogens is 1. The van der Waals surface area contributed by atoms with E-state index in [1.807, 2.05) is 48.7 Å². The second kappa shape index (κ2) is 9.35. The van der Waals surface area contributed by atoms with E-state index >= 15 is 0 Å². The van der Waals surface area contributed by atoms with E-state index in [-0.39, 0.29) is 11.8 Å². The molecule has 1 aromatic heterocycles. The molecule has 7 nitrogen and oxygen atoms in total. The molecule has 0 unspecified atom stereocenters. The van der Waals surface area contributed by atoms with Crippen LogP contribution in [0.3, 0.4) is 0 Å². The minimum atomic E-state index is -0.220. The Morgan fingerprint density at radius 1 is 0.941 bits per heavy atom. The summed E-state index contributed by atoms with van der Waals surface area (Å²) in [6.07, 6.45) is 2.58. The van der Waals surface area contributed by atoms with Crippen molar-refractivity contribution in [1.29, 1.82) is 0 Å².